The number of ketones is 1. The van der Waals surface area contributed by atoms with E-state index in [0.29, 0.717) is 48.7 Å². The van der Waals surface area contributed by atoms with Crippen molar-refractivity contribution in [1.29, 1.82) is 0 Å². The summed E-state index contributed by atoms with van der Waals surface area (Å²) in [4.78, 5) is 17.0. The largest absolute Gasteiger partial charge is 0.490 e. The number of ether oxygens (including phenoxy) is 1. The van der Waals surface area contributed by atoms with Gasteiger partial charge in [-0.25, -0.2) is 4.98 Å². The molecule has 0 spiro atoms. The lowest BCUT2D eigenvalue weighted by Gasteiger charge is -2.16. The third-order valence-corrected chi connectivity index (χ3v) is 3.54. The van der Waals surface area contributed by atoms with Crippen molar-refractivity contribution < 1.29 is 14.6 Å². The molecule has 0 saturated carbocycles. The molecule has 0 bridgehead atoms. The lowest BCUT2D eigenvalue weighted by Crippen LogP contribution is -2.18. The van der Waals surface area contributed by atoms with Gasteiger partial charge in [0.2, 0.25) is 0 Å². The average molecular weight is 341 g/mol. The van der Waals surface area contributed by atoms with Gasteiger partial charge in [-0.2, -0.15) is 0 Å². The van der Waals surface area contributed by atoms with Crippen LogP contribution in [0.2, 0.25) is 0 Å². The third kappa shape index (κ3) is 4.69. The molecule has 0 atom stereocenters. The highest BCUT2D eigenvalue weighted by Gasteiger charge is 2.19. The number of carbonyl (C=O) groups is 1. The Morgan fingerprint density at radius 3 is 2.74 bits per heavy atom. The first kappa shape index (κ1) is 19.5. The number of halogens is 1. The zero-order valence-electron chi connectivity index (χ0n) is 14.1. The Balaban J connectivity index is 0.00000264. The Kier molecular flexibility index (Phi) is 6.59. The smallest absolute Gasteiger partial charge is 0.181 e. The summed E-state index contributed by atoms with van der Waals surface area (Å²) < 4.78 is 7.36. The molecule has 1 N–H and O–H groups in total. The third-order valence-electron chi connectivity index (χ3n) is 3.54. The van der Waals surface area contributed by atoms with E-state index in [1.54, 1.807) is 18.2 Å². The minimum absolute atomic E-state index is 0. The van der Waals surface area contributed by atoms with Crippen molar-refractivity contribution in [2.45, 2.75) is 52.6 Å². The maximum Gasteiger partial charge on any atom is 0.181 e. The second-order valence-corrected chi connectivity index (χ2v) is 6.13. The van der Waals surface area contributed by atoms with Gasteiger partial charge in [0.1, 0.15) is 5.69 Å². The number of aryl methyl sites for hydroxylation is 1. The van der Waals surface area contributed by atoms with Gasteiger partial charge in [-0.1, -0.05) is 0 Å². The summed E-state index contributed by atoms with van der Waals surface area (Å²) in [5.41, 5.74) is 1.25. The number of hydrogen-bond acceptors (Lipinski definition) is 4. The van der Waals surface area contributed by atoms with Crippen LogP contribution in [0.15, 0.2) is 18.3 Å². The summed E-state index contributed by atoms with van der Waals surface area (Å²) in [5, 5.41) is 9.74. The summed E-state index contributed by atoms with van der Waals surface area (Å²) in [6, 6.07) is 3.71. The minimum atomic E-state index is -0.739. The van der Waals surface area contributed by atoms with E-state index in [4.69, 9.17) is 4.74 Å². The van der Waals surface area contributed by atoms with E-state index in [-0.39, 0.29) is 18.2 Å². The zero-order chi connectivity index (χ0) is 16.3. The number of nitrogens with zero attached hydrogens (tertiary/aromatic N) is 2. The van der Waals surface area contributed by atoms with Crippen molar-refractivity contribution in [2.24, 2.45) is 0 Å². The number of carbonyl (C=O) groups excluding carboxylic acids is 1. The monoisotopic (exact) mass is 340 g/mol. The van der Waals surface area contributed by atoms with Gasteiger partial charge in [0.25, 0.3) is 0 Å². The first-order valence-electron chi connectivity index (χ1n) is 7.69. The van der Waals surface area contributed by atoms with Crippen molar-refractivity contribution in [3.8, 4) is 5.75 Å². The van der Waals surface area contributed by atoms with Gasteiger partial charge in [0.15, 0.2) is 17.2 Å². The number of hydrogen-bond donors (Lipinski definition) is 1. The van der Waals surface area contributed by atoms with Crippen molar-refractivity contribution in [1.82, 2.24) is 9.38 Å². The molecule has 0 fully saturated rings. The first-order valence-corrected chi connectivity index (χ1v) is 7.69. The molecule has 2 rings (SSSR count). The van der Waals surface area contributed by atoms with E-state index >= 15 is 0 Å². The summed E-state index contributed by atoms with van der Waals surface area (Å²) in [6.45, 7) is 7.82. The number of aromatic nitrogens is 2. The molecule has 2 heterocycles. The maximum absolute atomic E-state index is 12.5. The van der Waals surface area contributed by atoms with E-state index in [9.17, 15) is 9.90 Å². The molecule has 128 valence electrons. The number of imidazole rings is 1. The Bertz CT molecular complexity index is 674. The van der Waals surface area contributed by atoms with Gasteiger partial charge in [0, 0.05) is 12.6 Å². The van der Waals surface area contributed by atoms with Crippen LogP contribution < -0.4 is 4.74 Å². The Hall–Kier alpha value is -1.59. The lowest BCUT2D eigenvalue weighted by atomic mass is 9.99. The van der Waals surface area contributed by atoms with Crippen molar-refractivity contribution in [2.75, 3.05) is 6.61 Å². The fourth-order valence-corrected chi connectivity index (χ4v) is 2.56. The van der Waals surface area contributed by atoms with Crippen molar-refractivity contribution in [3.63, 3.8) is 0 Å². The minimum Gasteiger partial charge on any atom is -0.490 e. The molecule has 0 amide bonds. The summed E-state index contributed by atoms with van der Waals surface area (Å²) in [5.74, 6) is 0.728. The lowest BCUT2D eigenvalue weighted by molar-refractivity contribution is 0.0670. The molecular formula is C17H25ClN2O3. The van der Waals surface area contributed by atoms with Gasteiger partial charge in [0.05, 0.1) is 17.9 Å². The van der Waals surface area contributed by atoms with Gasteiger partial charge < -0.3 is 9.84 Å². The number of pyridine rings is 1. The zero-order valence-corrected chi connectivity index (χ0v) is 14.9. The highest BCUT2D eigenvalue weighted by Crippen LogP contribution is 2.23. The van der Waals surface area contributed by atoms with E-state index in [1.165, 1.54) is 0 Å². The Labute approximate surface area is 143 Å². The molecule has 0 radical (unpaired) electrons. The molecule has 0 aliphatic rings. The SMILES string of the molecule is CCOc1cccn2c(C(=O)CCCC(C)(C)O)c(C)nc12.Cl. The number of aliphatic hydroxyl groups is 1. The molecule has 2 aromatic heterocycles. The van der Waals surface area contributed by atoms with E-state index in [0.717, 1.165) is 0 Å². The van der Waals surface area contributed by atoms with Crippen LogP contribution in [0.4, 0.5) is 0 Å². The highest BCUT2D eigenvalue weighted by atomic mass is 35.5. The van der Waals surface area contributed by atoms with Crippen LogP contribution in [0.5, 0.6) is 5.75 Å². The normalized spacial score (nSPS) is 11.3. The molecule has 0 unspecified atom stereocenters. The van der Waals surface area contributed by atoms with Gasteiger partial charge in [-0.15, -0.1) is 12.4 Å². The summed E-state index contributed by atoms with van der Waals surface area (Å²) in [6.07, 6.45) is 3.48. The molecule has 23 heavy (non-hydrogen) atoms. The molecule has 0 saturated heterocycles. The Morgan fingerprint density at radius 1 is 1.43 bits per heavy atom. The van der Waals surface area contributed by atoms with Crippen LogP contribution in [0.3, 0.4) is 0 Å². The quantitative estimate of drug-likeness (QED) is 0.782. The Morgan fingerprint density at radius 2 is 2.13 bits per heavy atom. The van der Waals surface area contributed by atoms with Crippen molar-refractivity contribution in [3.05, 3.63) is 29.7 Å². The fourth-order valence-electron chi connectivity index (χ4n) is 2.56. The second kappa shape index (κ2) is 7.79. The molecule has 2 aromatic rings. The molecule has 0 aliphatic carbocycles. The van der Waals surface area contributed by atoms with Crippen LogP contribution in [0.1, 0.15) is 56.2 Å². The summed E-state index contributed by atoms with van der Waals surface area (Å²) >= 11 is 0. The van der Waals surface area contributed by atoms with Crippen LogP contribution >= 0.6 is 12.4 Å². The molecule has 0 aromatic carbocycles. The highest BCUT2D eigenvalue weighted by molar-refractivity contribution is 5.96. The number of rotatable bonds is 7. The standard InChI is InChI=1S/C17H24N2O3.ClH/c1-5-22-14-9-7-11-19-15(12(2)18-16(14)19)13(20)8-6-10-17(3,4)21;/h7,9,11,21H,5-6,8,10H2,1-4H3;1H. The number of fused-ring (bicyclic) bond motifs is 1. The van der Waals surface area contributed by atoms with E-state index < -0.39 is 5.60 Å². The van der Waals surface area contributed by atoms with Gasteiger partial charge >= 0.3 is 0 Å². The van der Waals surface area contributed by atoms with Crippen LogP contribution in [0.25, 0.3) is 5.65 Å². The topological polar surface area (TPSA) is 63.8 Å². The maximum atomic E-state index is 12.5. The second-order valence-electron chi connectivity index (χ2n) is 6.13. The fraction of sp³-hybridized carbons (Fsp3) is 0.529. The first-order chi connectivity index (χ1) is 10.3. The van der Waals surface area contributed by atoms with Crippen LogP contribution in [0, 0.1) is 6.92 Å². The van der Waals surface area contributed by atoms with E-state index in [1.807, 2.05) is 32.2 Å². The van der Waals surface area contributed by atoms with Crippen LogP contribution in [-0.2, 0) is 0 Å². The molecular weight excluding hydrogens is 316 g/mol. The average Bonchev–Trinajstić information content (AvgIpc) is 2.74. The van der Waals surface area contributed by atoms with Gasteiger partial charge in [-0.3, -0.25) is 9.20 Å². The molecule has 6 heteroatoms. The predicted octanol–water partition coefficient (Wildman–Crippen LogP) is 3.59. The van der Waals surface area contributed by atoms with Gasteiger partial charge in [-0.05, 0) is 52.7 Å². The van der Waals surface area contributed by atoms with E-state index in [2.05, 4.69) is 4.98 Å². The molecule has 5 nitrogen and oxygen atoms in total. The summed E-state index contributed by atoms with van der Waals surface area (Å²) in [7, 11) is 0. The van der Waals surface area contributed by atoms with Crippen molar-refractivity contribution >= 4 is 23.8 Å². The predicted molar refractivity (Wildman–Crippen MR) is 92.8 cm³/mol. The molecule has 0 aliphatic heterocycles. The van der Waals surface area contributed by atoms with Crippen LogP contribution in [-0.4, -0.2) is 32.5 Å². The number of Topliss-reactive ketones (excluding diaryl/α,β-unsaturated/α-hetero) is 1.